The number of phenolic OH excluding ortho intramolecular Hbond substituents is 1. The second-order valence-electron chi connectivity index (χ2n) is 6.70. The van der Waals surface area contributed by atoms with Gasteiger partial charge >= 0.3 is 11.6 Å². The van der Waals surface area contributed by atoms with Gasteiger partial charge in [-0.3, -0.25) is 4.79 Å². The number of benzene rings is 2. The number of halogens is 1. The number of fused-ring (bicyclic) bond motifs is 1. The molecule has 2 aromatic carbocycles. The molecule has 0 spiro atoms. The van der Waals surface area contributed by atoms with Crippen molar-refractivity contribution in [1.29, 1.82) is 0 Å². The molecule has 0 fully saturated rings. The van der Waals surface area contributed by atoms with Crippen LogP contribution in [0.2, 0.25) is 5.02 Å². The Kier molecular flexibility index (Phi) is 6.42. The average Bonchev–Trinajstić information content (AvgIpc) is 2.71. The Balaban J connectivity index is 1.74. The molecule has 1 aromatic heterocycles. The SMILES string of the molecule is CCc1cc2c(COC(=O)C(C)NC(=O)c3ccccc3Cl)cc(=O)oc2cc1O. The largest absolute Gasteiger partial charge is 0.508 e. The van der Waals surface area contributed by atoms with Crippen molar-refractivity contribution < 1.29 is 23.8 Å². The minimum Gasteiger partial charge on any atom is -0.508 e. The number of hydrogen-bond acceptors (Lipinski definition) is 6. The lowest BCUT2D eigenvalue weighted by atomic mass is 10.0. The zero-order chi connectivity index (χ0) is 21.8. The molecule has 0 bridgehead atoms. The van der Waals surface area contributed by atoms with E-state index >= 15 is 0 Å². The van der Waals surface area contributed by atoms with Crippen LogP contribution in [0.3, 0.4) is 0 Å². The summed E-state index contributed by atoms with van der Waals surface area (Å²) in [5, 5.41) is 13.3. The molecule has 0 aliphatic heterocycles. The van der Waals surface area contributed by atoms with Crippen LogP contribution in [0.5, 0.6) is 5.75 Å². The second-order valence-corrected chi connectivity index (χ2v) is 7.11. The van der Waals surface area contributed by atoms with Gasteiger partial charge in [0.2, 0.25) is 0 Å². The predicted octanol–water partition coefficient (Wildman–Crippen LogP) is 3.58. The summed E-state index contributed by atoms with van der Waals surface area (Å²) in [6, 6.07) is 9.85. The molecule has 2 N–H and O–H groups in total. The van der Waals surface area contributed by atoms with Crippen molar-refractivity contribution in [2.45, 2.75) is 32.9 Å². The number of hydrogen-bond donors (Lipinski definition) is 2. The van der Waals surface area contributed by atoms with Crippen molar-refractivity contribution in [3.05, 3.63) is 74.6 Å². The van der Waals surface area contributed by atoms with Gasteiger partial charge in [-0.1, -0.05) is 30.7 Å². The quantitative estimate of drug-likeness (QED) is 0.458. The van der Waals surface area contributed by atoms with Crippen LogP contribution in [0.25, 0.3) is 11.0 Å². The molecule has 1 heterocycles. The number of rotatable bonds is 6. The number of phenols is 1. The minimum atomic E-state index is -0.935. The van der Waals surface area contributed by atoms with Gasteiger partial charge in [0.15, 0.2) is 0 Å². The first-order valence-electron chi connectivity index (χ1n) is 9.30. The standard InChI is InChI=1S/C22H20ClNO6/c1-3-13-8-16-14(9-20(26)30-19(16)10-18(13)25)11-29-22(28)12(2)24-21(27)15-6-4-5-7-17(15)23/h4-10,12,25H,3,11H2,1-2H3,(H,24,27). The Morgan fingerprint density at radius 2 is 1.93 bits per heavy atom. The van der Waals surface area contributed by atoms with E-state index in [2.05, 4.69) is 5.32 Å². The predicted molar refractivity (Wildman–Crippen MR) is 112 cm³/mol. The molecule has 0 radical (unpaired) electrons. The van der Waals surface area contributed by atoms with Crippen molar-refractivity contribution in [2.75, 3.05) is 0 Å². The molecule has 8 heteroatoms. The third kappa shape index (κ3) is 4.63. The van der Waals surface area contributed by atoms with E-state index in [0.29, 0.717) is 22.9 Å². The highest BCUT2D eigenvalue weighted by atomic mass is 35.5. The molecule has 0 saturated carbocycles. The van der Waals surface area contributed by atoms with E-state index in [0.717, 1.165) is 0 Å². The van der Waals surface area contributed by atoms with Gasteiger partial charge < -0.3 is 19.6 Å². The van der Waals surface area contributed by atoms with E-state index < -0.39 is 23.5 Å². The molecule has 156 valence electrons. The molecule has 0 saturated heterocycles. The maximum atomic E-state index is 12.4. The molecule has 3 aromatic rings. The Morgan fingerprint density at radius 3 is 2.63 bits per heavy atom. The van der Waals surface area contributed by atoms with Gasteiger partial charge in [0.05, 0.1) is 10.6 Å². The summed E-state index contributed by atoms with van der Waals surface area (Å²) >= 11 is 6.00. The zero-order valence-corrected chi connectivity index (χ0v) is 17.2. The smallest absolute Gasteiger partial charge is 0.336 e. The van der Waals surface area contributed by atoms with Crippen LogP contribution in [0.1, 0.15) is 35.3 Å². The number of aromatic hydroxyl groups is 1. The van der Waals surface area contributed by atoms with E-state index in [9.17, 15) is 19.5 Å². The van der Waals surface area contributed by atoms with Crippen LogP contribution >= 0.6 is 11.6 Å². The van der Waals surface area contributed by atoms with Crippen LogP contribution in [0.15, 0.2) is 51.7 Å². The van der Waals surface area contributed by atoms with Crippen LogP contribution in [-0.4, -0.2) is 23.0 Å². The third-order valence-electron chi connectivity index (χ3n) is 4.60. The lowest BCUT2D eigenvalue weighted by molar-refractivity contribution is -0.146. The average molecular weight is 430 g/mol. The molecule has 1 amide bonds. The van der Waals surface area contributed by atoms with Gasteiger partial charge in [0, 0.05) is 23.1 Å². The molecule has 0 aliphatic carbocycles. The maximum Gasteiger partial charge on any atom is 0.336 e. The maximum absolute atomic E-state index is 12.4. The molecule has 0 aliphatic rings. The van der Waals surface area contributed by atoms with Crippen molar-refractivity contribution in [1.82, 2.24) is 5.32 Å². The highest BCUT2D eigenvalue weighted by molar-refractivity contribution is 6.33. The highest BCUT2D eigenvalue weighted by Crippen LogP contribution is 2.27. The van der Waals surface area contributed by atoms with Gasteiger partial charge in [0.25, 0.3) is 5.91 Å². The van der Waals surface area contributed by atoms with Crippen molar-refractivity contribution in [3.8, 4) is 5.75 Å². The minimum absolute atomic E-state index is 0.0261. The van der Waals surface area contributed by atoms with Crippen LogP contribution in [-0.2, 0) is 22.6 Å². The van der Waals surface area contributed by atoms with Crippen LogP contribution in [0.4, 0.5) is 0 Å². The van der Waals surface area contributed by atoms with E-state index in [1.165, 1.54) is 19.1 Å². The number of carbonyl (C=O) groups is 2. The summed E-state index contributed by atoms with van der Waals surface area (Å²) in [5.41, 5.74) is 0.927. The van der Waals surface area contributed by atoms with Crippen molar-refractivity contribution >= 4 is 34.4 Å². The van der Waals surface area contributed by atoms with E-state index in [1.54, 1.807) is 30.3 Å². The van der Waals surface area contributed by atoms with Gasteiger partial charge in [-0.15, -0.1) is 0 Å². The zero-order valence-electron chi connectivity index (χ0n) is 16.4. The van der Waals surface area contributed by atoms with Crippen LogP contribution in [0, 0.1) is 0 Å². The number of ether oxygens (including phenoxy) is 1. The van der Waals surface area contributed by atoms with E-state index in [-0.39, 0.29) is 28.5 Å². The first kappa shape index (κ1) is 21.4. The Bertz CT molecular complexity index is 1170. The summed E-state index contributed by atoms with van der Waals surface area (Å²) in [6.45, 7) is 3.17. The molecule has 1 unspecified atom stereocenters. The molecular formula is C22H20ClNO6. The van der Waals surface area contributed by atoms with Gasteiger partial charge in [-0.2, -0.15) is 0 Å². The summed E-state index contributed by atoms with van der Waals surface area (Å²) in [7, 11) is 0. The number of aryl methyl sites for hydroxylation is 1. The molecule has 7 nitrogen and oxygen atoms in total. The molecule has 3 rings (SSSR count). The number of nitrogens with one attached hydrogen (secondary N) is 1. The van der Waals surface area contributed by atoms with Gasteiger partial charge in [-0.05, 0) is 37.1 Å². The Labute approximate surface area is 177 Å². The number of amides is 1. The van der Waals surface area contributed by atoms with Gasteiger partial charge in [-0.25, -0.2) is 9.59 Å². The summed E-state index contributed by atoms with van der Waals surface area (Å²) < 4.78 is 10.4. The van der Waals surface area contributed by atoms with Crippen molar-refractivity contribution in [2.24, 2.45) is 0 Å². The topological polar surface area (TPSA) is 106 Å². The first-order valence-corrected chi connectivity index (χ1v) is 9.68. The molecule has 30 heavy (non-hydrogen) atoms. The summed E-state index contributed by atoms with van der Waals surface area (Å²) in [4.78, 5) is 36.5. The second kappa shape index (κ2) is 9.00. The molecule has 1 atom stereocenters. The normalized spacial score (nSPS) is 11.8. The molecular weight excluding hydrogens is 410 g/mol. The highest BCUT2D eigenvalue weighted by Gasteiger charge is 2.20. The first-order chi connectivity index (χ1) is 14.3. The van der Waals surface area contributed by atoms with Crippen LogP contribution < -0.4 is 10.9 Å². The Morgan fingerprint density at radius 1 is 1.20 bits per heavy atom. The fraction of sp³-hybridized carbons (Fsp3) is 0.227. The summed E-state index contributed by atoms with van der Waals surface area (Å²) in [6.07, 6.45) is 0.575. The van der Waals surface area contributed by atoms with E-state index in [4.69, 9.17) is 20.8 Å². The fourth-order valence-corrected chi connectivity index (χ4v) is 3.18. The third-order valence-corrected chi connectivity index (χ3v) is 4.93. The van der Waals surface area contributed by atoms with Crippen molar-refractivity contribution in [3.63, 3.8) is 0 Å². The lowest BCUT2D eigenvalue weighted by Crippen LogP contribution is -2.39. The monoisotopic (exact) mass is 429 g/mol. The Hall–Kier alpha value is -3.32. The summed E-state index contributed by atoms with van der Waals surface area (Å²) in [5.74, 6) is -1.15. The lowest BCUT2D eigenvalue weighted by Gasteiger charge is -2.15. The number of esters is 1. The van der Waals surface area contributed by atoms with E-state index in [1.807, 2.05) is 6.92 Å². The number of carbonyl (C=O) groups excluding carboxylic acids is 2. The van der Waals surface area contributed by atoms with Gasteiger partial charge in [0.1, 0.15) is 24.0 Å². The fourth-order valence-electron chi connectivity index (χ4n) is 2.96.